The minimum atomic E-state index is -3.64. The molecule has 0 saturated carbocycles. The second kappa shape index (κ2) is 15.6. The van der Waals surface area contributed by atoms with E-state index in [-0.39, 0.29) is 11.7 Å². The van der Waals surface area contributed by atoms with Crippen molar-refractivity contribution in [3.8, 4) is 23.0 Å². The number of para-hydroxylation sites is 2. The van der Waals surface area contributed by atoms with Crippen molar-refractivity contribution < 1.29 is 32.2 Å². The summed E-state index contributed by atoms with van der Waals surface area (Å²) in [6, 6.07) is 15.7. The number of nitrogen functional groups attached to an aromatic ring is 1. The molecule has 226 valence electrons. The lowest BCUT2D eigenvalue weighted by Crippen LogP contribution is -2.12. The molecule has 0 atom stereocenters. The molecule has 1 amide bonds. The van der Waals surface area contributed by atoms with Crippen LogP contribution in [0, 0.1) is 0 Å². The topological polar surface area (TPSA) is 138 Å². The number of carbonyl (C=O) groups is 1. The zero-order chi connectivity index (χ0) is 30.5. The molecule has 4 N–H and O–H groups in total. The molecule has 3 aromatic rings. The van der Waals surface area contributed by atoms with Crippen LogP contribution in [0.4, 0.5) is 17.1 Å². The lowest BCUT2D eigenvalue weighted by molar-refractivity contribution is -0.116. The van der Waals surface area contributed by atoms with Crippen molar-refractivity contribution >= 4 is 38.9 Å². The number of sulfone groups is 1. The van der Waals surface area contributed by atoms with Crippen LogP contribution in [0.15, 0.2) is 60.0 Å². The van der Waals surface area contributed by atoms with Crippen LogP contribution in [0.1, 0.15) is 36.8 Å². The number of nitrogens with two attached hydrogens (primary N) is 1. The Kier molecular flexibility index (Phi) is 11.9. The number of hydrogen-bond donors (Lipinski definition) is 3. The molecule has 11 heteroatoms. The van der Waals surface area contributed by atoms with Gasteiger partial charge in [-0.05, 0) is 48.7 Å². The zero-order valence-electron chi connectivity index (χ0n) is 24.4. The lowest BCUT2D eigenvalue weighted by atomic mass is 10.1. The van der Waals surface area contributed by atoms with E-state index in [0.717, 1.165) is 24.7 Å². The van der Waals surface area contributed by atoms with Gasteiger partial charge in [-0.2, -0.15) is 0 Å². The van der Waals surface area contributed by atoms with Gasteiger partial charge in [-0.15, -0.1) is 0 Å². The molecular formula is C31H39N3O7S. The number of carbonyl (C=O) groups excluding carboxylic acids is 1. The highest BCUT2D eigenvalue weighted by molar-refractivity contribution is 7.93. The van der Waals surface area contributed by atoms with Gasteiger partial charge in [0.1, 0.15) is 23.0 Å². The monoisotopic (exact) mass is 597 g/mol. The maximum atomic E-state index is 13.0. The van der Waals surface area contributed by atoms with Crippen molar-refractivity contribution in [1.29, 1.82) is 0 Å². The van der Waals surface area contributed by atoms with Gasteiger partial charge in [0.05, 0.1) is 56.8 Å². The third-order valence-electron chi connectivity index (χ3n) is 6.46. The van der Waals surface area contributed by atoms with E-state index in [1.54, 1.807) is 49.6 Å². The molecule has 0 aromatic heterocycles. The first-order valence-electron chi connectivity index (χ1n) is 13.5. The van der Waals surface area contributed by atoms with Crippen LogP contribution in [0.3, 0.4) is 0 Å². The highest BCUT2D eigenvalue weighted by Crippen LogP contribution is 2.35. The second-order valence-electron chi connectivity index (χ2n) is 9.46. The Balaban J connectivity index is 1.56. The number of benzene rings is 3. The van der Waals surface area contributed by atoms with Crippen LogP contribution < -0.4 is 35.3 Å². The number of methoxy groups -OCH3 is 4. The lowest BCUT2D eigenvalue weighted by Gasteiger charge is -2.13. The normalized spacial score (nSPS) is 11.2. The van der Waals surface area contributed by atoms with Crippen LogP contribution in [-0.2, 0) is 20.4 Å². The summed E-state index contributed by atoms with van der Waals surface area (Å²) in [6.45, 7) is 0.636. The number of anilines is 3. The molecule has 0 saturated heterocycles. The van der Waals surface area contributed by atoms with Crippen molar-refractivity contribution in [1.82, 2.24) is 0 Å². The number of rotatable bonds is 16. The summed E-state index contributed by atoms with van der Waals surface area (Å²) in [6.07, 6.45) is 4.24. The maximum absolute atomic E-state index is 13.0. The van der Waals surface area contributed by atoms with Gasteiger partial charge in [-0.25, -0.2) is 8.42 Å². The van der Waals surface area contributed by atoms with Crippen molar-refractivity contribution in [3.63, 3.8) is 0 Å². The van der Waals surface area contributed by atoms with E-state index in [0.29, 0.717) is 64.2 Å². The standard InChI is InChI=1S/C31H39N3O7S/c1-38-23-19-29(40-3)24(30(20-23)41-4)15-17-42(36,37)21-22-13-14-28(39-2)27(18-22)33-16-9-5-6-12-31(35)34-26-11-8-7-10-25(26)32/h7-8,10-11,13-15,17-20,33H,5-6,9,12,16,21,32H2,1-4H3,(H,34,35)/b17-15+. The molecule has 0 spiro atoms. The van der Waals surface area contributed by atoms with Crippen LogP contribution in [0.25, 0.3) is 6.08 Å². The van der Waals surface area contributed by atoms with Gasteiger partial charge in [-0.1, -0.05) is 24.6 Å². The first-order valence-corrected chi connectivity index (χ1v) is 15.2. The summed E-state index contributed by atoms with van der Waals surface area (Å²) in [5, 5.41) is 7.31. The van der Waals surface area contributed by atoms with Crippen LogP contribution >= 0.6 is 0 Å². The first kappa shape index (κ1) is 32.1. The Morgan fingerprint density at radius 1 is 0.833 bits per heavy atom. The number of unbranched alkanes of at least 4 members (excludes halogenated alkanes) is 2. The zero-order valence-corrected chi connectivity index (χ0v) is 25.3. The molecule has 0 radical (unpaired) electrons. The minimum Gasteiger partial charge on any atom is -0.496 e. The Morgan fingerprint density at radius 2 is 1.52 bits per heavy atom. The summed E-state index contributed by atoms with van der Waals surface area (Å²) in [5.74, 6) is 1.71. The molecule has 10 nitrogen and oxygen atoms in total. The van der Waals surface area contributed by atoms with E-state index >= 15 is 0 Å². The van der Waals surface area contributed by atoms with Crippen LogP contribution in [0.5, 0.6) is 23.0 Å². The van der Waals surface area contributed by atoms with E-state index < -0.39 is 9.84 Å². The fourth-order valence-electron chi connectivity index (χ4n) is 4.27. The highest BCUT2D eigenvalue weighted by atomic mass is 32.2. The minimum absolute atomic E-state index is 0.0747. The molecule has 3 rings (SSSR count). The average molecular weight is 598 g/mol. The Labute approximate surface area is 247 Å². The molecule has 3 aromatic carbocycles. The van der Waals surface area contributed by atoms with Crippen molar-refractivity contribution in [2.45, 2.75) is 31.4 Å². The number of amides is 1. The number of nitrogens with one attached hydrogen (secondary N) is 2. The summed E-state index contributed by atoms with van der Waals surface area (Å²) in [4.78, 5) is 12.2. The third-order valence-corrected chi connectivity index (χ3v) is 7.74. The van der Waals surface area contributed by atoms with Gasteiger partial charge < -0.3 is 35.3 Å². The molecular weight excluding hydrogens is 558 g/mol. The fraction of sp³-hybridized carbons (Fsp3) is 0.323. The predicted molar refractivity (Wildman–Crippen MR) is 167 cm³/mol. The van der Waals surface area contributed by atoms with Gasteiger partial charge in [0, 0.05) is 30.5 Å². The highest BCUT2D eigenvalue weighted by Gasteiger charge is 2.15. The molecule has 0 aliphatic rings. The van der Waals surface area contributed by atoms with Gasteiger partial charge >= 0.3 is 0 Å². The van der Waals surface area contributed by atoms with Crippen molar-refractivity contribution in [2.75, 3.05) is 51.4 Å². The quantitative estimate of drug-likeness (QED) is 0.144. The molecule has 0 heterocycles. The van der Waals surface area contributed by atoms with Crippen LogP contribution in [0.2, 0.25) is 0 Å². The molecule has 0 bridgehead atoms. The number of ether oxygens (including phenoxy) is 4. The first-order chi connectivity index (χ1) is 20.2. The van der Waals surface area contributed by atoms with Crippen LogP contribution in [-0.4, -0.2) is 49.3 Å². The second-order valence-corrected chi connectivity index (χ2v) is 11.3. The Morgan fingerprint density at radius 3 is 2.17 bits per heavy atom. The summed E-state index contributed by atoms with van der Waals surface area (Å²) in [7, 11) is 2.43. The Hall–Kier alpha value is -4.38. The van der Waals surface area contributed by atoms with Crippen molar-refractivity contribution in [2.24, 2.45) is 0 Å². The summed E-state index contributed by atoms with van der Waals surface area (Å²) < 4.78 is 47.5. The fourth-order valence-corrected chi connectivity index (χ4v) is 5.35. The third kappa shape index (κ3) is 9.34. The maximum Gasteiger partial charge on any atom is 0.224 e. The number of hydrogen-bond acceptors (Lipinski definition) is 9. The predicted octanol–water partition coefficient (Wildman–Crippen LogP) is 5.50. The van der Waals surface area contributed by atoms with E-state index in [4.69, 9.17) is 24.7 Å². The summed E-state index contributed by atoms with van der Waals surface area (Å²) in [5.41, 5.74) is 8.82. The van der Waals surface area contributed by atoms with E-state index in [2.05, 4.69) is 10.6 Å². The van der Waals surface area contributed by atoms with E-state index in [1.165, 1.54) is 27.4 Å². The summed E-state index contributed by atoms with van der Waals surface area (Å²) >= 11 is 0. The molecule has 0 unspecified atom stereocenters. The molecule has 0 aliphatic carbocycles. The van der Waals surface area contributed by atoms with Gasteiger partial charge in [0.25, 0.3) is 0 Å². The van der Waals surface area contributed by atoms with Gasteiger partial charge in [0.15, 0.2) is 9.84 Å². The molecule has 42 heavy (non-hydrogen) atoms. The largest absolute Gasteiger partial charge is 0.496 e. The van der Waals surface area contributed by atoms with Gasteiger partial charge in [-0.3, -0.25) is 4.79 Å². The molecule has 0 fully saturated rings. The average Bonchev–Trinajstić information content (AvgIpc) is 2.98. The van der Waals surface area contributed by atoms with E-state index in [9.17, 15) is 13.2 Å². The smallest absolute Gasteiger partial charge is 0.224 e. The van der Waals surface area contributed by atoms with Gasteiger partial charge in [0.2, 0.25) is 5.91 Å². The Bertz CT molecular complexity index is 1460. The molecule has 0 aliphatic heterocycles. The van der Waals surface area contributed by atoms with E-state index in [1.807, 2.05) is 12.1 Å². The SMILES string of the molecule is COc1cc(OC)c(/C=C/S(=O)(=O)Cc2ccc(OC)c(NCCCCCC(=O)Nc3ccccc3N)c2)c(OC)c1. The van der Waals surface area contributed by atoms with Crippen molar-refractivity contribution in [3.05, 3.63) is 71.1 Å².